The van der Waals surface area contributed by atoms with Crippen LogP contribution in [0.2, 0.25) is 0 Å². The van der Waals surface area contributed by atoms with E-state index in [1.807, 2.05) is 0 Å². The minimum absolute atomic E-state index is 1.50. The largest absolute Gasteiger partial charge is 0.0533 e. The van der Waals surface area contributed by atoms with E-state index in [-0.39, 0.29) is 0 Å². The Morgan fingerprint density at radius 1 is 0.0513 bits per heavy atom. The summed E-state index contributed by atoms with van der Waals surface area (Å²) in [6.07, 6.45) is 58.5. The Morgan fingerprint density at radius 2 is 0.0769 bits per heavy atom. The van der Waals surface area contributed by atoms with E-state index in [0.29, 0.717) is 0 Å². The molecule has 0 aromatic rings. The van der Waals surface area contributed by atoms with Crippen LogP contribution in [0, 0.1) is 0 Å². The summed E-state index contributed by atoms with van der Waals surface area (Å²) in [6, 6.07) is 0. The molecule has 0 bridgehead atoms. The maximum atomic E-state index is 1.50. The molecule has 0 nitrogen and oxygen atoms in total. The first-order valence-corrected chi connectivity index (χ1v) is 19.5. The highest BCUT2D eigenvalue weighted by Crippen LogP contribution is 2.18. The molecule has 10 rings (SSSR count). The van der Waals surface area contributed by atoms with Crippen molar-refractivity contribution in [3.05, 3.63) is 0 Å². The van der Waals surface area contributed by atoms with Gasteiger partial charge in [-0.3, -0.25) is 0 Å². The van der Waals surface area contributed by atoms with Gasteiger partial charge in [0.2, 0.25) is 0 Å². The standard InChI is InChI=1S/9C4H8.C3H6/c9*1-2-4-3-1;1-2-3-1/h9*1-4H2;1-3H2. The normalized spacial score (nSPS) is 24.0. The summed E-state index contributed by atoms with van der Waals surface area (Å²) in [6.45, 7) is 0. The lowest BCUT2D eigenvalue weighted by molar-refractivity contribution is 0.504. The van der Waals surface area contributed by atoms with Crippen molar-refractivity contribution in [1.29, 1.82) is 0 Å². The van der Waals surface area contributed by atoms with Crippen LogP contribution in [0.4, 0.5) is 0 Å². The zero-order chi connectivity index (χ0) is 27.6. The van der Waals surface area contributed by atoms with Crippen LogP contribution in [0.25, 0.3) is 0 Å². The summed E-state index contributed by atoms with van der Waals surface area (Å²) in [4.78, 5) is 0. The zero-order valence-corrected chi connectivity index (χ0v) is 27.6. The molecule has 0 amide bonds. The Balaban J connectivity index is 0.000000217. The molecule has 0 saturated heterocycles. The third-order valence-electron chi connectivity index (χ3n) is 9.35. The highest BCUT2D eigenvalue weighted by Gasteiger charge is 1.98. The van der Waals surface area contributed by atoms with E-state index in [1.165, 1.54) is 250 Å². The van der Waals surface area contributed by atoms with Crippen LogP contribution >= 0.6 is 0 Å². The van der Waals surface area contributed by atoms with Crippen molar-refractivity contribution in [2.75, 3.05) is 0 Å². The van der Waals surface area contributed by atoms with Gasteiger partial charge in [-0.25, -0.2) is 0 Å². The van der Waals surface area contributed by atoms with Crippen molar-refractivity contribution >= 4 is 0 Å². The van der Waals surface area contributed by atoms with Gasteiger partial charge in [0.25, 0.3) is 0 Å². The maximum absolute atomic E-state index is 1.50. The Kier molecular flexibility index (Phi) is 32.5. The Bertz CT molecular complexity index is 221. The quantitative estimate of drug-likeness (QED) is 0.283. The molecule has 0 unspecified atom stereocenters. The first kappa shape index (κ1) is 37.0. The van der Waals surface area contributed by atoms with Gasteiger partial charge in [-0.15, -0.1) is 0 Å². The summed E-state index contributed by atoms with van der Waals surface area (Å²) in [5.74, 6) is 0. The molecule has 0 aromatic heterocycles. The molecule has 10 saturated carbocycles. The van der Waals surface area contributed by atoms with Crippen molar-refractivity contribution in [3.8, 4) is 0 Å². The topological polar surface area (TPSA) is 0 Å². The number of hydrogen-bond donors (Lipinski definition) is 0. The van der Waals surface area contributed by atoms with E-state index < -0.39 is 0 Å². The zero-order valence-electron chi connectivity index (χ0n) is 27.6. The molecule has 0 N–H and O–H groups in total. The molecule has 10 fully saturated rings. The first-order valence-electron chi connectivity index (χ1n) is 19.5. The van der Waals surface area contributed by atoms with E-state index in [2.05, 4.69) is 0 Å². The average Bonchev–Trinajstić information content (AvgIpc) is 3.24. The summed E-state index contributed by atoms with van der Waals surface area (Å²) < 4.78 is 0. The fraction of sp³-hybridized carbons (Fsp3) is 1.00. The van der Waals surface area contributed by atoms with E-state index in [4.69, 9.17) is 0 Å². The second-order valence-corrected chi connectivity index (χ2v) is 13.8. The van der Waals surface area contributed by atoms with Crippen molar-refractivity contribution < 1.29 is 0 Å². The van der Waals surface area contributed by atoms with Crippen molar-refractivity contribution in [1.82, 2.24) is 0 Å². The molecular formula is C39H78. The molecule has 0 heteroatoms. The van der Waals surface area contributed by atoms with Gasteiger partial charge in [-0.05, 0) is 0 Å². The summed E-state index contributed by atoms with van der Waals surface area (Å²) in [7, 11) is 0. The van der Waals surface area contributed by atoms with Crippen LogP contribution in [-0.2, 0) is 0 Å². The van der Waals surface area contributed by atoms with Crippen LogP contribution in [0.1, 0.15) is 250 Å². The highest BCUT2D eigenvalue weighted by molar-refractivity contribution is 4.54. The lowest BCUT2D eigenvalue weighted by Gasteiger charge is -2.05. The Morgan fingerprint density at radius 3 is 0.0769 bits per heavy atom. The molecular weight excluding hydrogens is 468 g/mol. The van der Waals surface area contributed by atoms with E-state index >= 15 is 0 Å². The second-order valence-electron chi connectivity index (χ2n) is 13.8. The van der Waals surface area contributed by atoms with Gasteiger partial charge < -0.3 is 0 Å². The smallest absolute Gasteiger partial charge is 0.0533 e. The molecule has 39 heavy (non-hydrogen) atoms. The lowest BCUT2D eigenvalue weighted by Crippen LogP contribution is -1.85. The minimum atomic E-state index is 1.50. The predicted octanol–water partition coefficient (Wildman–Crippen LogP) is 15.2. The molecule has 0 heterocycles. The van der Waals surface area contributed by atoms with Gasteiger partial charge in [0.15, 0.2) is 0 Å². The van der Waals surface area contributed by atoms with Gasteiger partial charge in [-0.2, -0.15) is 0 Å². The predicted molar refractivity (Wildman–Crippen MR) is 180 cm³/mol. The van der Waals surface area contributed by atoms with E-state index in [9.17, 15) is 0 Å². The number of rotatable bonds is 0. The average molecular weight is 547 g/mol. The monoisotopic (exact) mass is 547 g/mol. The van der Waals surface area contributed by atoms with Crippen molar-refractivity contribution in [2.45, 2.75) is 250 Å². The minimum Gasteiger partial charge on any atom is -0.0533 e. The molecule has 0 atom stereocenters. The van der Waals surface area contributed by atoms with Gasteiger partial charge >= 0.3 is 0 Å². The van der Waals surface area contributed by atoms with Crippen LogP contribution in [-0.4, -0.2) is 0 Å². The lowest BCUT2D eigenvalue weighted by atomic mass is 10.0. The van der Waals surface area contributed by atoms with Gasteiger partial charge in [-0.1, -0.05) is 250 Å². The number of hydrogen-bond acceptors (Lipinski definition) is 0. The summed E-state index contributed by atoms with van der Waals surface area (Å²) >= 11 is 0. The molecule has 234 valence electrons. The summed E-state index contributed by atoms with van der Waals surface area (Å²) in [5, 5.41) is 0. The van der Waals surface area contributed by atoms with Crippen LogP contribution in [0.5, 0.6) is 0 Å². The van der Waals surface area contributed by atoms with Gasteiger partial charge in [0.05, 0.1) is 0 Å². The van der Waals surface area contributed by atoms with E-state index in [1.54, 1.807) is 0 Å². The molecule has 0 aromatic carbocycles. The second kappa shape index (κ2) is 34.2. The fourth-order valence-electron chi connectivity index (χ4n) is 2.25. The van der Waals surface area contributed by atoms with Crippen LogP contribution in [0.15, 0.2) is 0 Å². The fourth-order valence-corrected chi connectivity index (χ4v) is 2.25. The molecule has 0 spiro atoms. The molecule has 0 radical (unpaired) electrons. The maximum Gasteiger partial charge on any atom is -0.0533 e. The molecule has 10 aliphatic rings. The van der Waals surface area contributed by atoms with E-state index in [0.717, 1.165) is 0 Å². The Labute approximate surface area is 250 Å². The van der Waals surface area contributed by atoms with Crippen LogP contribution in [0.3, 0.4) is 0 Å². The van der Waals surface area contributed by atoms with Crippen LogP contribution < -0.4 is 0 Å². The highest BCUT2D eigenvalue weighted by atomic mass is 14.0. The summed E-state index contributed by atoms with van der Waals surface area (Å²) in [5.41, 5.74) is 0. The molecule has 0 aliphatic heterocycles. The third kappa shape index (κ3) is 36.0. The third-order valence-corrected chi connectivity index (χ3v) is 9.35. The first-order chi connectivity index (χ1) is 19.5. The van der Waals surface area contributed by atoms with Crippen molar-refractivity contribution in [3.63, 3.8) is 0 Å². The van der Waals surface area contributed by atoms with Gasteiger partial charge in [0, 0.05) is 0 Å². The van der Waals surface area contributed by atoms with Crippen molar-refractivity contribution in [2.24, 2.45) is 0 Å². The Hall–Kier alpha value is 0. The van der Waals surface area contributed by atoms with Gasteiger partial charge in [0.1, 0.15) is 0 Å². The molecule has 10 aliphatic carbocycles. The SMILES string of the molecule is C1CC1.C1CCC1.C1CCC1.C1CCC1.C1CCC1.C1CCC1.C1CCC1.C1CCC1.C1CCC1.C1CCC1.